The lowest BCUT2D eigenvalue weighted by Gasteiger charge is -2.25. The van der Waals surface area contributed by atoms with Gasteiger partial charge in [-0.3, -0.25) is 0 Å². The molecule has 0 bridgehead atoms. The summed E-state index contributed by atoms with van der Waals surface area (Å²) in [6.45, 7) is 4.88. The Kier molecular flexibility index (Phi) is 4.31. The zero-order chi connectivity index (χ0) is 13.0. The molecule has 0 fully saturated rings. The predicted molar refractivity (Wildman–Crippen MR) is 71.2 cm³/mol. The average Bonchev–Trinajstić information content (AvgIpc) is 2.41. The Morgan fingerprint density at radius 3 is 2.89 bits per heavy atom. The van der Waals surface area contributed by atoms with Gasteiger partial charge in [-0.25, -0.2) is 0 Å². The fourth-order valence-electron chi connectivity index (χ4n) is 2.29. The van der Waals surface area contributed by atoms with Gasteiger partial charge in [0.15, 0.2) is 0 Å². The zero-order valence-electron chi connectivity index (χ0n) is 11.4. The fraction of sp³-hybridized carbons (Fsp3) is 0.571. The van der Waals surface area contributed by atoms with Gasteiger partial charge in [-0.05, 0) is 45.4 Å². The maximum absolute atomic E-state index is 5.78. The summed E-state index contributed by atoms with van der Waals surface area (Å²) < 4.78 is 5.78. The molecule has 1 atom stereocenters. The van der Waals surface area contributed by atoms with Crippen molar-refractivity contribution in [1.29, 1.82) is 0 Å². The molecule has 98 valence electrons. The highest BCUT2D eigenvalue weighted by Crippen LogP contribution is 2.27. The van der Waals surface area contributed by atoms with Gasteiger partial charge in [-0.1, -0.05) is 6.92 Å². The average molecular weight is 247 g/mol. The van der Waals surface area contributed by atoms with Gasteiger partial charge in [0.2, 0.25) is 0 Å². The normalized spacial score (nSPS) is 16.9. The number of hydrogen-bond donors (Lipinski definition) is 1. The van der Waals surface area contributed by atoms with Gasteiger partial charge < -0.3 is 10.1 Å². The van der Waals surface area contributed by atoms with Gasteiger partial charge in [-0.15, -0.1) is 0 Å². The van der Waals surface area contributed by atoms with Gasteiger partial charge in [0.25, 0.3) is 0 Å². The van der Waals surface area contributed by atoms with Crippen LogP contribution >= 0.6 is 0 Å². The largest absolute Gasteiger partial charge is 0.496 e. The summed E-state index contributed by atoms with van der Waals surface area (Å²) in [5.74, 6) is 1.02. The van der Waals surface area contributed by atoms with Gasteiger partial charge >= 0.3 is 0 Å². The van der Waals surface area contributed by atoms with Crippen LogP contribution in [-0.4, -0.2) is 23.9 Å². The molecule has 0 aliphatic carbocycles. The van der Waals surface area contributed by atoms with Crippen LogP contribution in [0.15, 0.2) is 17.9 Å². The molecular weight excluding hydrogens is 226 g/mol. The smallest absolute Gasteiger partial charge is 0.113 e. The van der Waals surface area contributed by atoms with E-state index in [0.29, 0.717) is 0 Å². The first-order chi connectivity index (χ1) is 8.76. The van der Waals surface area contributed by atoms with Crippen molar-refractivity contribution in [3.8, 4) is 0 Å². The molecule has 0 spiro atoms. The summed E-state index contributed by atoms with van der Waals surface area (Å²) in [6, 6.07) is 2.20. The second kappa shape index (κ2) is 5.96. The topological polar surface area (TPSA) is 47.0 Å². The number of rotatable bonds is 4. The SMILES string of the molecule is CCc1nnc(C)cc1C(NC)C1=CCCCO1. The molecule has 0 aromatic carbocycles. The zero-order valence-corrected chi connectivity index (χ0v) is 11.4. The van der Waals surface area contributed by atoms with Crippen molar-refractivity contribution in [2.75, 3.05) is 13.7 Å². The summed E-state index contributed by atoms with van der Waals surface area (Å²) in [6.07, 6.45) is 5.26. The summed E-state index contributed by atoms with van der Waals surface area (Å²) in [5, 5.41) is 11.8. The Morgan fingerprint density at radius 2 is 2.28 bits per heavy atom. The number of hydrogen-bond acceptors (Lipinski definition) is 4. The number of allylic oxidation sites excluding steroid dienone is 1. The molecule has 0 saturated heterocycles. The molecule has 0 radical (unpaired) electrons. The number of nitrogens with zero attached hydrogens (tertiary/aromatic N) is 2. The van der Waals surface area contributed by atoms with E-state index in [4.69, 9.17) is 4.74 Å². The van der Waals surface area contributed by atoms with Crippen molar-refractivity contribution in [3.05, 3.63) is 34.9 Å². The molecule has 1 aliphatic heterocycles. The summed E-state index contributed by atoms with van der Waals surface area (Å²) in [7, 11) is 1.96. The first-order valence-electron chi connectivity index (χ1n) is 6.59. The highest BCUT2D eigenvalue weighted by Gasteiger charge is 2.21. The molecule has 2 rings (SSSR count). The fourth-order valence-corrected chi connectivity index (χ4v) is 2.29. The number of likely N-dealkylation sites (N-methyl/N-ethyl adjacent to an activating group) is 1. The van der Waals surface area contributed by atoms with Crippen LogP contribution in [0.2, 0.25) is 0 Å². The summed E-state index contributed by atoms with van der Waals surface area (Å²) >= 11 is 0. The quantitative estimate of drug-likeness (QED) is 0.887. The van der Waals surface area contributed by atoms with Gasteiger partial charge in [0.05, 0.1) is 24.0 Å². The Hall–Kier alpha value is -1.42. The second-order valence-electron chi connectivity index (χ2n) is 4.56. The molecule has 1 N–H and O–H groups in total. The minimum Gasteiger partial charge on any atom is -0.496 e. The van der Waals surface area contributed by atoms with Crippen molar-refractivity contribution < 1.29 is 4.74 Å². The molecule has 0 saturated carbocycles. The predicted octanol–water partition coefficient (Wildman–Crippen LogP) is 2.30. The molecule has 1 aromatic rings. The van der Waals surface area contributed by atoms with Crippen LogP contribution < -0.4 is 5.32 Å². The van der Waals surface area contributed by atoms with Crippen LogP contribution in [0, 0.1) is 6.92 Å². The lowest BCUT2D eigenvalue weighted by molar-refractivity contribution is 0.169. The van der Waals surface area contributed by atoms with E-state index >= 15 is 0 Å². The van der Waals surface area contributed by atoms with Crippen molar-refractivity contribution in [2.45, 2.75) is 39.2 Å². The standard InChI is InChI=1S/C14H21N3O/c1-4-12-11(9-10(2)16-17-12)14(15-3)13-7-5-6-8-18-13/h7,9,14-15H,4-6,8H2,1-3H3. The van der Waals surface area contributed by atoms with Crippen molar-refractivity contribution in [1.82, 2.24) is 15.5 Å². The van der Waals surface area contributed by atoms with Gasteiger partial charge in [-0.2, -0.15) is 10.2 Å². The Balaban J connectivity index is 2.37. The lowest BCUT2D eigenvalue weighted by atomic mass is 10.00. The van der Waals surface area contributed by atoms with E-state index in [0.717, 1.165) is 43.0 Å². The third-order valence-electron chi connectivity index (χ3n) is 3.21. The number of nitrogens with one attached hydrogen (secondary N) is 1. The summed E-state index contributed by atoms with van der Waals surface area (Å²) in [4.78, 5) is 0. The second-order valence-corrected chi connectivity index (χ2v) is 4.56. The Morgan fingerprint density at radius 1 is 1.44 bits per heavy atom. The third-order valence-corrected chi connectivity index (χ3v) is 3.21. The number of aryl methyl sites for hydroxylation is 2. The van der Waals surface area contributed by atoms with Crippen LogP contribution in [0.25, 0.3) is 0 Å². The van der Waals surface area contributed by atoms with Crippen molar-refractivity contribution in [2.24, 2.45) is 0 Å². The van der Waals surface area contributed by atoms with E-state index in [1.807, 2.05) is 14.0 Å². The number of aromatic nitrogens is 2. The lowest BCUT2D eigenvalue weighted by Crippen LogP contribution is -2.24. The summed E-state index contributed by atoms with van der Waals surface area (Å²) in [5.41, 5.74) is 3.16. The minimum atomic E-state index is 0.0921. The molecular formula is C14H21N3O. The molecule has 4 nitrogen and oxygen atoms in total. The highest BCUT2D eigenvalue weighted by molar-refractivity contribution is 5.30. The molecule has 0 amide bonds. The van der Waals surface area contributed by atoms with Gasteiger partial charge in [0, 0.05) is 5.56 Å². The molecule has 1 unspecified atom stereocenters. The van der Waals surface area contributed by atoms with Crippen LogP contribution in [-0.2, 0) is 11.2 Å². The van der Waals surface area contributed by atoms with E-state index in [9.17, 15) is 0 Å². The maximum atomic E-state index is 5.78. The Bertz CT molecular complexity index is 443. The van der Waals surface area contributed by atoms with E-state index in [1.54, 1.807) is 0 Å². The van der Waals surface area contributed by atoms with Crippen LogP contribution in [0.1, 0.15) is 42.8 Å². The van der Waals surface area contributed by atoms with Crippen molar-refractivity contribution in [3.63, 3.8) is 0 Å². The molecule has 4 heteroatoms. The maximum Gasteiger partial charge on any atom is 0.113 e. The van der Waals surface area contributed by atoms with Crippen LogP contribution in [0.4, 0.5) is 0 Å². The molecule has 18 heavy (non-hydrogen) atoms. The first kappa shape index (κ1) is 13.0. The monoisotopic (exact) mass is 247 g/mol. The number of ether oxygens (including phenoxy) is 1. The third kappa shape index (κ3) is 2.70. The van der Waals surface area contributed by atoms with Gasteiger partial charge in [0.1, 0.15) is 5.76 Å². The van der Waals surface area contributed by atoms with E-state index in [2.05, 4.69) is 34.6 Å². The molecule has 1 aromatic heterocycles. The van der Waals surface area contributed by atoms with E-state index < -0.39 is 0 Å². The van der Waals surface area contributed by atoms with Crippen molar-refractivity contribution >= 4 is 0 Å². The van der Waals surface area contributed by atoms with E-state index in [-0.39, 0.29) is 6.04 Å². The minimum absolute atomic E-state index is 0.0921. The van der Waals surface area contributed by atoms with Crippen LogP contribution in [0.3, 0.4) is 0 Å². The molecule has 1 aliphatic rings. The van der Waals surface area contributed by atoms with E-state index in [1.165, 1.54) is 5.56 Å². The Labute approximate surface area is 108 Å². The van der Waals surface area contributed by atoms with Crippen LogP contribution in [0.5, 0.6) is 0 Å². The molecule has 2 heterocycles. The highest BCUT2D eigenvalue weighted by atomic mass is 16.5. The first-order valence-corrected chi connectivity index (χ1v) is 6.59.